The van der Waals surface area contributed by atoms with Crippen LogP contribution in [-0.4, -0.2) is 5.78 Å². The summed E-state index contributed by atoms with van der Waals surface area (Å²) in [6.45, 7) is 0. The first kappa shape index (κ1) is 9.46. The number of rotatable bonds is 2. The Labute approximate surface area is 88.2 Å². The van der Waals surface area contributed by atoms with Gasteiger partial charge in [-0.2, -0.15) is 0 Å². The lowest BCUT2D eigenvalue weighted by molar-refractivity contribution is 0.104. The Hall–Kier alpha value is -2.09. The molecule has 2 nitrogen and oxygen atoms in total. The molecule has 1 aromatic rings. The monoisotopic (exact) mass is 198 g/mol. The third kappa shape index (κ3) is 2.44. The first-order valence-electron chi connectivity index (χ1n) is 4.66. The van der Waals surface area contributed by atoms with E-state index in [0.29, 0.717) is 5.56 Å². The number of ether oxygens (including phenoxy) is 1. The van der Waals surface area contributed by atoms with Crippen LogP contribution in [0.2, 0.25) is 0 Å². The zero-order valence-electron chi connectivity index (χ0n) is 8.09. The van der Waals surface area contributed by atoms with Crippen LogP contribution in [-0.2, 0) is 4.74 Å². The second-order valence-electron chi connectivity index (χ2n) is 3.12. The molecule has 0 aromatic heterocycles. The maximum absolute atomic E-state index is 11.7. The maximum Gasteiger partial charge on any atom is 0.186 e. The Morgan fingerprint density at radius 2 is 1.73 bits per heavy atom. The molecule has 0 fully saturated rings. The third-order valence-electron chi connectivity index (χ3n) is 2.03. The highest BCUT2D eigenvalue weighted by atomic mass is 16.5. The largest absolute Gasteiger partial charge is 0.473 e. The average Bonchev–Trinajstić information content (AvgIpc) is 2.31. The predicted molar refractivity (Wildman–Crippen MR) is 58.2 cm³/mol. The van der Waals surface area contributed by atoms with E-state index in [2.05, 4.69) is 0 Å². The fraction of sp³-hybridized carbons (Fsp3) is 0. The zero-order chi connectivity index (χ0) is 10.5. The van der Waals surface area contributed by atoms with Crippen LogP contribution in [0.1, 0.15) is 10.4 Å². The van der Waals surface area contributed by atoms with Crippen LogP contribution in [0.4, 0.5) is 0 Å². The smallest absolute Gasteiger partial charge is 0.186 e. The number of carbonyl (C=O) groups is 1. The van der Waals surface area contributed by atoms with Gasteiger partial charge in [0.05, 0.1) is 12.5 Å². The molecule has 1 aliphatic rings. The van der Waals surface area contributed by atoms with Gasteiger partial charge in [0, 0.05) is 5.56 Å². The Morgan fingerprint density at radius 3 is 2.40 bits per heavy atom. The Kier molecular flexibility index (Phi) is 2.79. The highest BCUT2D eigenvalue weighted by molar-refractivity contribution is 6.05. The lowest BCUT2D eigenvalue weighted by atomic mass is 10.1. The van der Waals surface area contributed by atoms with E-state index in [1.165, 1.54) is 0 Å². The molecule has 1 aromatic carbocycles. The van der Waals surface area contributed by atoms with Gasteiger partial charge in [0.2, 0.25) is 0 Å². The van der Waals surface area contributed by atoms with Crippen LogP contribution in [0, 0.1) is 0 Å². The van der Waals surface area contributed by atoms with Crippen molar-refractivity contribution in [1.29, 1.82) is 0 Å². The average molecular weight is 198 g/mol. The van der Waals surface area contributed by atoms with E-state index < -0.39 is 0 Å². The van der Waals surface area contributed by atoms with Crippen molar-refractivity contribution in [3.63, 3.8) is 0 Å². The molecule has 2 heteroatoms. The summed E-state index contributed by atoms with van der Waals surface area (Å²) in [5, 5.41) is 0. The molecule has 0 N–H and O–H groups in total. The lowest BCUT2D eigenvalue weighted by Gasteiger charge is -2.00. The van der Waals surface area contributed by atoms with Crippen molar-refractivity contribution in [2.75, 3.05) is 0 Å². The van der Waals surface area contributed by atoms with Crippen molar-refractivity contribution in [3.05, 3.63) is 72.2 Å². The van der Waals surface area contributed by atoms with Crippen LogP contribution in [0.15, 0.2) is 66.7 Å². The predicted octanol–water partition coefficient (Wildman–Crippen LogP) is 2.85. The van der Waals surface area contributed by atoms with Crippen LogP contribution in [0.25, 0.3) is 0 Å². The van der Waals surface area contributed by atoms with Gasteiger partial charge in [-0.1, -0.05) is 30.3 Å². The summed E-state index contributed by atoms with van der Waals surface area (Å²) in [6, 6.07) is 9.18. The van der Waals surface area contributed by atoms with E-state index in [0.717, 1.165) is 5.57 Å². The summed E-state index contributed by atoms with van der Waals surface area (Å²) in [6.07, 6.45) is 8.18. The summed E-state index contributed by atoms with van der Waals surface area (Å²) in [5.74, 6) is 0.00167. The summed E-state index contributed by atoms with van der Waals surface area (Å²) in [4.78, 5) is 11.7. The summed E-state index contributed by atoms with van der Waals surface area (Å²) < 4.78 is 4.87. The molecule has 0 bridgehead atoms. The van der Waals surface area contributed by atoms with Crippen LogP contribution in [0.5, 0.6) is 0 Å². The molecular formula is C13H10O2. The number of ketones is 1. The van der Waals surface area contributed by atoms with Gasteiger partial charge in [-0.05, 0) is 23.8 Å². The van der Waals surface area contributed by atoms with Gasteiger partial charge < -0.3 is 4.74 Å². The highest BCUT2D eigenvalue weighted by Gasteiger charge is 2.02. The fourth-order valence-electron chi connectivity index (χ4n) is 1.27. The van der Waals surface area contributed by atoms with Crippen LogP contribution < -0.4 is 0 Å². The van der Waals surface area contributed by atoms with E-state index in [4.69, 9.17) is 4.74 Å². The lowest BCUT2D eigenvalue weighted by Crippen LogP contribution is -1.95. The molecule has 0 radical (unpaired) electrons. The molecule has 0 aliphatic carbocycles. The van der Waals surface area contributed by atoms with Crippen LogP contribution >= 0.6 is 0 Å². The van der Waals surface area contributed by atoms with Crippen molar-refractivity contribution < 1.29 is 9.53 Å². The number of hydrogen-bond acceptors (Lipinski definition) is 2. The fourth-order valence-corrected chi connectivity index (χ4v) is 1.27. The van der Waals surface area contributed by atoms with Gasteiger partial charge in [-0.3, -0.25) is 4.79 Å². The second-order valence-corrected chi connectivity index (χ2v) is 3.12. The molecular weight excluding hydrogens is 188 g/mol. The van der Waals surface area contributed by atoms with Crippen molar-refractivity contribution >= 4 is 5.78 Å². The summed E-state index contributed by atoms with van der Waals surface area (Å²) >= 11 is 0. The maximum atomic E-state index is 11.7. The minimum Gasteiger partial charge on any atom is -0.473 e. The quantitative estimate of drug-likeness (QED) is 0.539. The molecule has 0 atom stereocenters. The van der Waals surface area contributed by atoms with E-state index in [9.17, 15) is 4.79 Å². The van der Waals surface area contributed by atoms with Gasteiger partial charge in [0.15, 0.2) is 5.78 Å². The zero-order valence-corrected chi connectivity index (χ0v) is 8.09. The number of hydrogen-bond donors (Lipinski definition) is 0. The SMILES string of the molecule is O=C(C=C1C=COC=C1)c1ccccc1. The van der Waals surface area contributed by atoms with Gasteiger partial charge in [-0.15, -0.1) is 0 Å². The normalized spacial score (nSPS) is 13.5. The molecule has 0 saturated carbocycles. The molecule has 15 heavy (non-hydrogen) atoms. The molecule has 0 unspecified atom stereocenters. The summed E-state index contributed by atoms with van der Waals surface area (Å²) in [5.41, 5.74) is 1.54. The summed E-state index contributed by atoms with van der Waals surface area (Å²) in [7, 11) is 0. The minimum absolute atomic E-state index is 0.00167. The molecule has 0 saturated heterocycles. The number of carbonyl (C=O) groups excluding carboxylic acids is 1. The van der Waals surface area contributed by atoms with Crippen LogP contribution in [0.3, 0.4) is 0 Å². The van der Waals surface area contributed by atoms with Gasteiger partial charge in [0.1, 0.15) is 0 Å². The molecule has 2 rings (SSSR count). The Morgan fingerprint density at radius 1 is 1.07 bits per heavy atom. The van der Waals surface area contributed by atoms with Crippen molar-refractivity contribution in [2.45, 2.75) is 0 Å². The van der Waals surface area contributed by atoms with E-state index >= 15 is 0 Å². The second kappa shape index (κ2) is 4.42. The van der Waals surface area contributed by atoms with Crippen molar-refractivity contribution in [1.82, 2.24) is 0 Å². The number of benzene rings is 1. The Bertz CT molecular complexity index is 425. The molecule has 1 aliphatic heterocycles. The first-order valence-corrected chi connectivity index (χ1v) is 4.66. The number of allylic oxidation sites excluding steroid dienone is 4. The topological polar surface area (TPSA) is 26.3 Å². The van der Waals surface area contributed by atoms with E-state index in [1.807, 2.05) is 18.2 Å². The minimum atomic E-state index is 0.00167. The molecule has 0 amide bonds. The van der Waals surface area contributed by atoms with E-state index in [1.54, 1.807) is 42.9 Å². The van der Waals surface area contributed by atoms with Gasteiger partial charge in [0.25, 0.3) is 0 Å². The van der Waals surface area contributed by atoms with Crippen molar-refractivity contribution in [2.24, 2.45) is 0 Å². The van der Waals surface area contributed by atoms with Crippen molar-refractivity contribution in [3.8, 4) is 0 Å². The highest BCUT2D eigenvalue weighted by Crippen LogP contribution is 2.09. The van der Waals surface area contributed by atoms with E-state index in [-0.39, 0.29) is 5.78 Å². The molecule has 0 spiro atoms. The standard InChI is InChI=1S/C13H10O2/c14-13(12-4-2-1-3-5-12)10-11-6-8-15-9-7-11/h1-10H. The molecule has 74 valence electrons. The Balaban J connectivity index is 2.19. The third-order valence-corrected chi connectivity index (χ3v) is 2.03. The first-order chi connectivity index (χ1) is 7.36. The van der Waals surface area contributed by atoms with Gasteiger partial charge >= 0.3 is 0 Å². The van der Waals surface area contributed by atoms with Gasteiger partial charge in [-0.25, -0.2) is 0 Å². The molecule has 1 heterocycles.